The van der Waals surface area contributed by atoms with E-state index in [0.717, 1.165) is 11.3 Å². The Balaban J connectivity index is 1.97. The monoisotopic (exact) mass is 316 g/mol. The first-order valence-corrected chi connectivity index (χ1v) is 7.94. The Morgan fingerprint density at radius 1 is 1.29 bits per heavy atom. The van der Waals surface area contributed by atoms with Gasteiger partial charge in [-0.3, -0.25) is 9.59 Å². The van der Waals surface area contributed by atoms with Crippen molar-refractivity contribution < 1.29 is 22.8 Å². The number of carbonyl (C=O) groups excluding carboxylic acids is 2. The molecule has 1 heterocycles. The third-order valence-electron chi connectivity index (χ3n) is 4.75. The van der Waals surface area contributed by atoms with Gasteiger partial charge in [-0.05, 0) is 36.1 Å². The van der Waals surface area contributed by atoms with E-state index in [-0.39, 0.29) is 12.2 Å². The highest BCUT2D eigenvalue weighted by Gasteiger charge is 2.55. The second kappa shape index (κ2) is 5.23. The summed E-state index contributed by atoms with van der Waals surface area (Å²) in [5.41, 5.74) is 0. The molecule has 2 saturated carbocycles. The number of hydrogen-bond donors (Lipinski definition) is 0. The summed E-state index contributed by atoms with van der Waals surface area (Å²) in [6.45, 7) is 0. The lowest BCUT2D eigenvalue weighted by Gasteiger charge is -2.45. The van der Waals surface area contributed by atoms with Crippen molar-refractivity contribution in [2.45, 2.75) is 37.8 Å². The van der Waals surface area contributed by atoms with E-state index in [4.69, 9.17) is 0 Å². The SMILES string of the molecule is O=C1CC2CCCC([C@@H]2C(=O)C(F)(F)F)[C@@H]1c1cccs1. The van der Waals surface area contributed by atoms with Crippen LogP contribution in [0.5, 0.6) is 0 Å². The molecule has 6 heteroatoms. The zero-order valence-electron chi connectivity index (χ0n) is 11.2. The van der Waals surface area contributed by atoms with E-state index in [0.29, 0.717) is 12.8 Å². The van der Waals surface area contributed by atoms with Crippen LogP contribution in [0.1, 0.15) is 36.5 Å². The van der Waals surface area contributed by atoms with E-state index in [1.54, 1.807) is 12.1 Å². The lowest BCUT2D eigenvalue weighted by molar-refractivity contribution is -0.183. The fourth-order valence-corrected chi connectivity index (χ4v) is 4.91. The predicted octanol–water partition coefficient (Wildman–Crippen LogP) is 3.97. The molecule has 1 aromatic heterocycles. The molecule has 0 saturated heterocycles. The average Bonchev–Trinajstić information content (AvgIpc) is 2.90. The van der Waals surface area contributed by atoms with Gasteiger partial charge in [-0.25, -0.2) is 0 Å². The zero-order valence-corrected chi connectivity index (χ0v) is 12.0. The van der Waals surface area contributed by atoms with E-state index < -0.39 is 35.6 Å². The number of thiophene rings is 1. The number of Topliss-reactive ketones (excluding diaryl/α,β-unsaturated/α-hetero) is 2. The van der Waals surface area contributed by atoms with Crippen LogP contribution in [0.2, 0.25) is 0 Å². The van der Waals surface area contributed by atoms with Gasteiger partial charge < -0.3 is 0 Å². The Morgan fingerprint density at radius 3 is 2.67 bits per heavy atom. The molecule has 0 spiro atoms. The third kappa shape index (κ3) is 2.54. The highest BCUT2D eigenvalue weighted by molar-refractivity contribution is 7.10. The molecule has 0 radical (unpaired) electrons. The molecule has 2 aliphatic rings. The highest BCUT2D eigenvalue weighted by Crippen LogP contribution is 2.52. The van der Waals surface area contributed by atoms with Gasteiger partial charge in [-0.2, -0.15) is 13.2 Å². The van der Waals surface area contributed by atoms with E-state index in [2.05, 4.69) is 0 Å². The van der Waals surface area contributed by atoms with Crippen LogP contribution < -0.4 is 0 Å². The minimum absolute atomic E-state index is 0.00151. The van der Waals surface area contributed by atoms with Gasteiger partial charge in [-0.1, -0.05) is 12.5 Å². The van der Waals surface area contributed by atoms with Crippen molar-refractivity contribution >= 4 is 22.9 Å². The molecule has 114 valence electrons. The van der Waals surface area contributed by atoms with E-state index in [9.17, 15) is 22.8 Å². The summed E-state index contributed by atoms with van der Waals surface area (Å²) >= 11 is 1.39. The van der Waals surface area contributed by atoms with Crippen LogP contribution >= 0.6 is 11.3 Å². The first-order chi connectivity index (χ1) is 9.89. The lowest BCUT2D eigenvalue weighted by Crippen LogP contribution is -2.49. The van der Waals surface area contributed by atoms with Crippen molar-refractivity contribution in [3.8, 4) is 0 Å². The molecule has 2 bridgehead atoms. The van der Waals surface area contributed by atoms with Gasteiger partial charge in [0, 0.05) is 17.2 Å². The zero-order chi connectivity index (χ0) is 15.2. The van der Waals surface area contributed by atoms with Gasteiger partial charge in [0.2, 0.25) is 5.78 Å². The fraction of sp³-hybridized carbons (Fsp3) is 0.600. The quantitative estimate of drug-likeness (QED) is 0.827. The van der Waals surface area contributed by atoms with E-state index in [1.807, 2.05) is 5.38 Å². The molecule has 21 heavy (non-hydrogen) atoms. The number of carbonyl (C=O) groups is 2. The Kier molecular flexibility index (Phi) is 3.67. The summed E-state index contributed by atoms with van der Waals surface area (Å²) in [7, 11) is 0. The normalized spacial score (nSPS) is 33.0. The molecule has 4 atom stereocenters. The van der Waals surface area contributed by atoms with E-state index in [1.165, 1.54) is 11.3 Å². The van der Waals surface area contributed by atoms with Crippen molar-refractivity contribution in [3.63, 3.8) is 0 Å². The van der Waals surface area contributed by atoms with Gasteiger partial charge in [0.1, 0.15) is 5.78 Å². The van der Waals surface area contributed by atoms with E-state index >= 15 is 0 Å². The summed E-state index contributed by atoms with van der Waals surface area (Å²) in [5, 5.41) is 1.82. The third-order valence-corrected chi connectivity index (χ3v) is 5.71. The molecule has 2 fully saturated rings. The molecule has 2 aliphatic carbocycles. The number of alkyl halides is 3. The summed E-state index contributed by atoms with van der Waals surface area (Å²) in [6, 6.07) is 3.58. The van der Waals surface area contributed by atoms with Crippen molar-refractivity contribution in [2.75, 3.05) is 0 Å². The molecule has 1 aromatic rings. The minimum Gasteiger partial charge on any atom is -0.299 e. The largest absolute Gasteiger partial charge is 0.450 e. The van der Waals surface area contributed by atoms with Crippen LogP contribution in [0.25, 0.3) is 0 Å². The van der Waals surface area contributed by atoms with Gasteiger partial charge >= 0.3 is 6.18 Å². The summed E-state index contributed by atoms with van der Waals surface area (Å²) < 4.78 is 38.6. The molecule has 3 rings (SSSR count). The summed E-state index contributed by atoms with van der Waals surface area (Å²) in [5.74, 6) is -4.12. The Hall–Kier alpha value is -1.17. The van der Waals surface area contributed by atoms with Crippen molar-refractivity contribution in [1.82, 2.24) is 0 Å². The van der Waals surface area contributed by atoms with Crippen molar-refractivity contribution in [3.05, 3.63) is 22.4 Å². The van der Waals surface area contributed by atoms with Gasteiger partial charge in [0.15, 0.2) is 0 Å². The smallest absolute Gasteiger partial charge is 0.299 e. The topological polar surface area (TPSA) is 34.1 Å². The first-order valence-electron chi connectivity index (χ1n) is 7.06. The van der Waals surface area contributed by atoms with Crippen LogP contribution in [0.4, 0.5) is 13.2 Å². The number of fused-ring (bicyclic) bond motifs is 2. The Bertz CT molecular complexity index is 550. The van der Waals surface area contributed by atoms with Crippen LogP contribution in [0, 0.1) is 17.8 Å². The standard InChI is InChI=1S/C15H15F3O2S/c16-15(17,18)14(20)12-8-3-1-4-9(12)13(10(19)7-8)11-5-2-6-21-11/h2,5-6,8-9,12-13H,1,3-4,7H2/t8?,9?,12-,13+/m1/s1. The van der Waals surface area contributed by atoms with Gasteiger partial charge in [-0.15, -0.1) is 11.3 Å². The summed E-state index contributed by atoms with van der Waals surface area (Å²) in [6.07, 6.45) is -2.83. The molecular weight excluding hydrogens is 301 g/mol. The lowest BCUT2D eigenvalue weighted by atomic mass is 9.58. The molecule has 0 aromatic carbocycles. The number of ketones is 2. The van der Waals surface area contributed by atoms with Gasteiger partial charge in [0.05, 0.1) is 5.92 Å². The molecule has 2 unspecified atom stereocenters. The summed E-state index contributed by atoms with van der Waals surface area (Å²) in [4.78, 5) is 25.0. The number of hydrogen-bond acceptors (Lipinski definition) is 3. The fourth-order valence-electron chi connectivity index (χ4n) is 3.99. The predicted molar refractivity (Wildman–Crippen MR) is 72.1 cm³/mol. The Morgan fingerprint density at radius 2 is 2.05 bits per heavy atom. The average molecular weight is 316 g/mol. The highest BCUT2D eigenvalue weighted by atomic mass is 32.1. The second-order valence-electron chi connectivity index (χ2n) is 5.91. The maximum absolute atomic E-state index is 12.9. The Labute approximate surface area is 124 Å². The van der Waals surface area contributed by atoms with Crippen molar-refractivity contribution in [1.29, 1.82) is 0 Å². The number of halogens is 3. The molecule has 0 amide bonds. The van der Waals surface area contributed by atoms with Gasteiger partial charge in [0.25, 0.3) is 0 Å². The first kappa shape index (κ1) is 14.8. The van der Waals surface area contributed by atoms with Crippen LogP contribution in [0.3, 0.4) is 0 Å². The minimum atomic E-state index is -4.81. The maximum atomic E-state index is 12.9. The van der Waals surface area contributed by atoms with Crippen LogP contribution in [0.15, 0.2) is 17.5 Å². The maximum Gasteiger partial charge on any atom is 0.450 e. The molecule has 0 aliphatic heterocycles. The second-order valence-corrected chi connectivity index (χ2v) is 6.89. The van der Waals surface area contributed by atoms with Crippen LogP contribution in [-0.2, 0) is 9.59 Å². The van der Waals surface area contributed by atoms with Crippen molar-refractivity contribution in [2.24, 2.45) is 17.8 Å². The number of rotatable bonds is 2. The molecule has 0 N–H and O–H groups in total. The molecule has 2 nitrogen and oxygen atoms in total. The van der Waals surface area contributed by atoms with Crippen LogP contribution in [-0.4, -0.2) is 17.7 Å². The molecular formula is C15H15F3O2S.